The van der Waals surface area contributed by atoms with Gasteiger partial charge in [0.2, 0.25) is 0 Å². The Hall–Kier alpha value is -4.57. The molecule has 3 heterocycles. The van der Waals surface area contributed by atoms with Crippen molar-refractivity contribution < 1.29 is 4.42 Å². The Morgan fingerprint density at radius 2 is 1.48 bits per heavy atom. The van der Waals surface area contributed by atoms with Gasteiger partial charge in [0.1, 0.15) is 11.4 Å². The topological polar surface area (TPSA) is 35.9 Å². The summed E-state index contributed by atoms with van der Waals surface area (Å²) in [6.07, 6.45) is 5.61. The lowest BCUT2D eigenvalue weighted by Gasteiger charge is -2.11. The number of furan rings is 1. The number of rotatable bonds is 3. The molecule has 3 aromatic heterocycles. The Morgan fingerprint density at radius 3 is 2.36 bits per heavy atom. The van der Waals surface area contributed by atoms with Gasteiger partial charge in [0.05, 0.1) is 22.7 Å². The molecule has 0 N–H and O–H groups in total. The van der Waals surface area contributed by atoms with Crippen molar-refractivity contribution in [2.24, 2.45) is 0 Å². The Bertz CT molecular complexity index is 1750. The molecule has 0 fully saturated rings. The van der Waals surface area contributed by atoms with E-state index >= 15 is 0 Å². The predicted octanol–water partition coefficient (Wildman–Crippen LogP) is 7.38. The molecule has 4 aromatic carbocycles. The summed E-state index contributed by atoms with van der Waals surface area (Å²) in [5, 5.41) is 3.46. The number of aromatic nitrogens is 3. The highest BCUT2D eigenvalue weighted by Gasteiger charge is 2.16. The third kappa shape index (κ3) is 2.68. The van der Waals surface area contributed by atoms with Crippen molar-refractivity contribution in [3.63, 3.8) is 0 Å². The fourth-order valence-electron chi connectivity index (χ4n) is 4.83. The summed E-state index contributed by atoms with van der Waals surface area (Å²) in [4.78, 5) is 4.63. The molecule has 0 radical (unpaired) electrons. The van der Waals surface area contributed by atoms with Crippen molar-refractivity contribution in [3.8, 4) is 22.8 Å². The van der Waals surface area contributed by atoms with Crippen molar-refractivity contribution in [1.29, 1.82) is 0 Å². The number of hydrogen-bond donors (Lipinski definition) is 0. The zero-order chi connectivity index (χ0) is 21.8. The van der Waals surface area contributed by atoms with Crippen LogP contribution in [0.3, 0.4) is 0 Å². The lowest BCUT2D eigenvalue weighted by Crippen LogP contribution is -1.97. The Labute approximate surface area is 189 Å². The highest BCUT2D eigenvalue weighted by atomic mass is 16.3. The molecule has 0 saturated carbocycles. The summed E-state index contributed by atoms with van der Waals surface area (Å²) < 4.78 is 10.3. The monoisotopic (exact) mass is 425 g/mol. The Morgan fingerprint density at radius 1 is 0.667 bits per heavy atom. The maximum Gasteiger partial charge on any atom is 0.144 e. The molecule has 33 heavy (non-hydrogen) atoms. The number of benzene rings is 4. The van der Waals surface area contributed by atoms with Gasteiger partial charge in [0.25, 0.3) is 0 Å². The van der Waals surface area contributed by atoms with Gasteiger partial charge in [-0.3, -0.25) is 4.57 Å². The van der Waals surface area contributed by atoms with E-state index < -0.39 is 0 Å². The standard InChI is InChI=1S/C29H19N3O/c1-2-6-22(7-3-1)31-18-17-30-29(31)21-10-13-23(14-11-21)32-25-9-5-4-8-24(25)27-26(32)15-12-20-16-19-33-28(20)27/h1-19H. The van der Waals surface area contributed by atoms with Crippen LogP contribution < -0.4 is 0 Å². The largest absolute Gasteiger partial charge is 0.464 e. The Kier molecular flexibility index (Phi) is 3.81. The minimum atomic E-state index is 0.923. The van der Waals surface area contributed by atoms with Crippen LogP contribution in [0.25, 0.3) is 55.5 Å². The fraction of sp³-hybridized carbons (Fsp3) is 0. The lowest BCUT2D eigenvalue weighted by atomic mass is 10.1. The maximum atomic E-state index is 5.89. The van der Waals surface area contributed by atoms with Crippen molar-refractivity contribution in [1.82, 2.24) is 14.1 Å². The first kappa shape index (κ1) is 18.0. The molecule has 0 aliphatic heterocycles. The molecule has 4 heteroatoms. The molecule has 156 valence electrons. The molecule has 0 amide bonds. The maximum absolute atomic E-state index is 5.89. The summed E-state index contributed by atoms with van der Waals surface area (Å²) in [6, 6.07) is 33.7. The molecule has 0 unspecified atom stereocenters. The van der Waals surface area contributed by atoms with Gasteiger partial charge >= 0.3 is 0 Å². The van der Waals surface area contributed by atoms with Crippen LogP contribution in [0.1, 0.15) is 0 Å². The SMILES string of the molecule is c1ccc(-n2ccnc2-c2ccc(-n3c4ccccc4c4c5occc5ccc43)cc2)cc1. The van der Waals surface area contributed by atoms with Gasteiger partial charge in [-0.05, 0) is 60.7 Å². The smallest absolute Gasteiger partial charge is 0.144 e. The quantitative estimate of drug-likeness (QED) is 0.296. The van der Waals surface area contributed by atoms with Crippen molar-refractivity contribution in [3.05, 3.63) is 116 Å². The van der Waals surface area contributed by atoms with Gasteiger partial charge in [0, 0.05) is 40.1 Å². The van der Waals surface area contributed by atoms with Crippen LogP contribution in [-0.2, 0) is 0 Å². The second kappa shape index (κ2) is 6.97. The zero-order valence-electron chi connectivity index (χ0n) is 17.7. The number of fused-ring (bicyclic) bond motifs is 5. The van der Waals surface area contributed by atoms with Crippen LogP contribution in [0.5, 0.6) is 0 Å². The van der Waals surface area contributed by atoms with Crippen LogP contribution in [0.4, 0.5) is 0 Å². The van der Waals surface area contributed by atoms with E-state index in [1.165, 1.54) is 5.39 Å². The second-order valence-corrected chi connectivity index (χ2v) is 8.15. The molecule has 0 saturated heterocycles. The van der Waals surface area contributed by atoms with Crippen LogP contribution in [0.2, 0.25) is 0 Å². The van der Waals surface area contributed by atoms with Crippen LogP contribution in [-0.4, -0.2) is 14.1 Å². The molecule has 0 bridgehead atoms. The summed E-state index contributed by atoms with van der Waals surface area (Å²) in [6.45, 7) is 0. The minimum Gasteiger partial charge on any atom is -0.464 e. The Balaban J connectivity index is 1.41. The zero-order valence-corrected chi connectivity index (χ0v) is 17.7. The number of imidazole rings is 1. The van der Waals surface area contributed by atoms with Gasteiger partial charge < -0.3 is 8.98 Å². The van der Waals surface area contributed by atoms with E-state index in [0.717, 1.165) is 50.2 Å². The second-order valence-electron chi connectivity index (χ2n) is 8.15. The van der Waals surface area contributed by atoms with Gasteiger partial charge in [-0.15, -0.1) is 0 Å². The molecule has 0 spiro atoms. The third-order valence-electron chi connectivity index (χ3n) is 6.31. The first-order chi connectivity index (χ1) is 16.4. The summed E-state index contributed by atoms with van der Waals surface area (Å²) in [7, 11) is 0. The first-order valence-corrected chi connectivity index (χ1v) is 11.0. The van der Waals surface area contributed by atoms with E-state index in [4.69, 9.17) is 4.42 Å². The molecule has 7 aromatic rings. The highest BCUT2D eigenvalue weighted by Crippen LogP contribution is 2.37. The fourth-order valence-corrected chi connectivity index (χ4v) is 4.83. The average Bonchev–Trinajstić information content (AvgIpc) is 3.61. The van der Waals surface area contributed by atoms with Crippen molar-refractivity contribution >= 4 is 32.8 Å². The van der Waals surface area contributed by atoms with E-state index in [1.54, 1.807) is 6.26 Å². The van der Waals surface area contributed by atoms with Crippen LogP contribution >= 0.6 is 0 Å². The number of para-hydroxylation sites is 2. The van der Waals surface area contributed by atoms with Crippen LogP contribution in [0, 0.1) is 0 Å². The van der Waals surface area contributed by atoms with E-state index in [2.05, 4.69) is 86.9 Å². The van der Waals surface area contributed by atoms with Crippen molar-refractivity contribution in [2.75, 3.05) is 0 Å². The van der Waals surface area contributed by atoms with E-state index in [-0.39, 0.29) is 0 Å². The molecular weight excluding hydrogens is 406 g/mol. The third-order valence-corrected chi connectivity index (χ3v) is 6.31. The summed E-state index contributed by atoms with van der Waals surface area (Å²) in [5.41, 5.74) is 6.51. The molecule has 4 nitrogen and oxygen atoms in total. The molecule has 7 rings (SSSR count). The average molecular weight is 425 g/mol. The molecular formula is C29H19N3O. The van der Waals surface area contributed by atoms with Crippen LogP contribution in [0.15, 0.2) is 120 Å². The van der Waals surface area contributed by atoms with E-state index in [1.807, 2.05) is 36.7 Å². The number of nitrogens with zero attached hydrogens (tertiary/aromatic N) is 3. The van der Waals surface area contributed by atoms with E-state index in [0.29, 0.717) is 0 Å². The van der Waals surface area contributed by atoms with E-state index in [9.17, 15) is 0 Å². The summed E-state index contributed by atoms with van der Waals surface area (Å²) in [5.74, 6) is 0.923. The van der Waals surface area contributed by atoms with Crippen molar-refractivity contribution in [2.45, 2.75) is 0 Å². The molecule has 0 aliphatic carbocycles. The normalized spacial score (nSPS) is 11.6. The predicted molar refractivity (Wildman–Crippen MR) is 133 cm³/mol. The lowest BCUT2D eigenvalue weighted by molar-refractivity contribution is 0.619. The highest BCUT2D eigenvalue weighted by molar-refractivity contribution is 6.19. The number of hydrogen-bond acceptors (Lipinski definition) is 2. The minimum absolute atomic E-state index is 0.923. The van der Waals surface area contributed by atoms with Gasteiger partial charge in [-0.2, -0.15) is 0 Å². The first-order valence-electron chi connectivity index (χ1n) is 11.0. The molecule has 0 atom stereocenters. The van der Waals surface area contributed by atoms with Gasteiger partial charge in [-0.25, -0.2) is 4.98 Å². The summed E-state index contributed by atoms with van der Waals surface area (Å²) >= 11 is 0. The van der Waals surface area contributed by atoms with Gasteiger partial charge in [0.15, 0.2) is 0 Å². The molecule has 0 aliphatic rings. The van der Waals surface area contributed by atoms with Gasteiger partial charge in [-0.1, -0.05) is 36.4 Å².